The fourth-order valence-corrected chi connectivity index (χ4v) is 2.90. The summed E-state index contributed by atoms with van der Waals surface area (Å²) in [4.78, 5) is 30.0. The van der Waals surface area contributed by atoms with Gasteiger partial charge in [-0.3, -0.25) is 4.79 Å². The number of carbonyl (C=O) groups excluding carboxylic acids is 1. The van der Waals surface area contributed by atoms with E-state index in [1.807, 2.05) is 7.05 Å². The Morgan fingerprint density at radius 1 is 1.27 bits per heavy atom. The quantitative estimate of drug-likeness (QED) is 0.838. The molecule has 2 heterocycles. The average Bonchev–Trinajstić information content (AvgIpc) is 2.60. The molecule has 1 aliphatic rings. The second kappa shape index (κ2) is 7.28. The standard InChI is InChI=1S/C17H19F2N3O4/c1-3-25-17(24)26-12-9-20-14-10(16(12)23)8-11(18)15(13(14)19)22-6-4-21(2)5-7-22/h8-9H,3-7H2,1-2H3,(H,20,23). The number of anilines is 1. The Bertz CT molecular complexity index is 892. The van der Waals surface area contributed by atoms with Crippen LogP contribution < -0.4 is 15.1 Å². The van der Waals surface area contributed by atoms with Crippen LogP contribution in [0.5, 0.6) is 5.75 Å². The van der Waals surface area contributed by atoms with E-state index in [2.05, 4.69) is 14.6 Å². The van der Waals surface area contributed by atoms with E-state index in [0.717, 1.165) is 12.3 Å². The number of halogens is 2. The molecule has 1 aromatic heterocycles. The zero-order valence-electron chi connectivity index (χ0n) is 14.5. The lowest BCUT2D eigenvalue weighted by Gasteiger charge is -2.34. The van der Waals surface area contributed by atoms with Gasteiger partial charge in [-0.1, -0.05) is 0 Å². The van der Waals surface area contributed by atoms with Gasteiger partial charge in [0.15, 0.2) is 11.6 Å². The monoisotopic (exact) mass is 367 g/mol. The average molecular weight is 367 g/mol. The van der Waals surface area contributed by atoms with Crippen LogP contribution in [0.4, 0.5) is 19.3 Å². The number of rotatable bonds is 3. The van der Waals surface area contributed by atoms with E-state index in [1.54, 1.807) is 11.8 Å². The van der Waals surface area contributed by atoms with Crippen molar-refractivity contribution in [3.05, 3.63) is 34.1 Å². The highest BCUT2D eigenvalue weighted by Crippen LogP contribution is 2.30. The summed E-state index contributed by atoms with van der Waals surface area (Å²) in [6.07, 6.45) is 0.00317. The van der Waals surface area contributed by atoms with E-state index in [1.165, 1.54) is 0 Å². The van der Waals surface area contributed by atoms with E-state index < -0.39 is 23.2 Å². The molecule has 1 N–H and O–H groups in total. The molecular formula is C17H19F2N3O4. The number of likely N-dealkylation sites (N-methyl/N-ethyl adjacent to an activating group) is 1. The number of nitrogens with one attached hydrogen (secondary N) is 1. The summed E-state index contributed by atoms with van der Waals surface area (Å²) in [5, 5.41) is -0.236. The van der Waals surface area contributed by atoms with Gasteiger partial charge in [0.05, 0.1) is 17.5 Å². The number of pyridine rings is 1. The van der Waals surface area contributed by atoms with Crippen LogP contribution >= 0.6 is 0 Å². The number of carbonyl (C=O) groups is 1. The van der Waals surface area contributed by atoms with Crippen LogP contribution in [-0.2, 0) is 4.74 Å². The molecule has 9 heteroatoms. The normalized spacial score (nSPS) is 15.3. The Labute approximate surface area is 148 Å². The second-order valence-corrected chi connectivity index (χ2v) is 6.00. The molecule has 1 fully saturated rings. The highest BCUT2D eigenvalue weighted by molar-refractivity contribution is 5.85. The molecule has 0 atom stereocenters. The summed E-state index contributed by atoms with van der Waals surface area (Å²) in [5.41, 5.74) is -1.10. The molecule has 140 valence electrons. The van der Waals surface area contributed by atoms with Gasteiger partial charge in [-0.25, -0.2) is 13.6 Å². The van der Waals surface area contributed by atoms with Crippen molar-refractivity contribution in [2.75, 3.05) is 44.7 Å². The summed E-state index contributed by atoms with van der Waals surface area (Å²) in [7, 11) is 1.94. The van der Waals surface area contributed by atoms with Gasteiger partial charge in [-0.2, -0.15) is 0 Å². The molecule has 26 heavy (non-hydrogen) atoms. The number of aromatic amines is 1. The van der Waals surface area contributed by atoms with Crippen molar-refractivity contribution in [1.29, 1.82) is 0 Å². The fourth-order valence-electron chi connectivity index (χ4n) is 2.90. The summed E-state index contributed by atoms with van der Waals surface area (Å²) in [6.45, 7) is 3.96. The smallest absolute Gasteiger partial charge is 0.434 e. The van der Waals surface area contributed by atoms with Crippen LogP contribution in [-0.4, -0.2) is 55.9 Å². The number of hydrogen-bond acceptors (Lipinski definition) is 6. The summed E-state index contributed by atoms with van der Waals surface area (Å²) in [5.74, 6) is -2.07. The van der Waals surface area contributed by atoms with Crippen LogP contribution in [0.15, 0.2) is 17.1 Å². The molecule has 1 aromatic carbocycles. The van der Waals surface area contributed by atoms with Crippen LogP contribution in [0.25, 0.3) is 10.9 Å². The number of aromatic nitrogens is 1. The maximum Gasteiger partial charge on any atom is 0.514 e. The molecule has 0 aliphatic carbocycles. The SMILES string of the molecule is CCOC(=O)Oc1c[nH]c2c(F)c(N3CCN(C)CC3)c(F)cc2c1=O. The van der Waals surface area contributed by atoms with Gasteiger partial charge in [0.2, 0.25) is 5.43 Å². The van der Waals surface area contributed by atoms with E-state index in [4.69, 9.17) is 4.74 Å². The van der Waals surface area contributed by atoms with Crippen molar-refractivity contribution in [3.8, 4) is 5.75 Å². The fraction of sp³-hybridized carbons (Fsp3) is 0.412. The zero-order valence-corrected chi connectivity index (χ0v) is 14.5. The van der Waals surface area contributed by atoms with Gasteiger partial charge < -0.3 is 24.3 Å². The Hall–Kier alpha value is -2.68. The molecule has 3 rings (SSSR count). The third kappa shape index (κ3) is 3.34. The molecule has 7 nitrogen and oxygen atoms in total. The van der Waals surface area contributed by atoms with Crippen molar-refractivity contribution < 1.29 is 23.0 Å². The van der Waals surface area contributed by atoms with Crippen molar-refractivity contribution >= 4 is 22.7 Å². The largest absolute Gasteiger partial charge is 0.514 e. The van der Waals surface area contributed by atoms with Gasteiger partial charge in [0, 0.05) is 32.4 Å². The predicted molar refractivity (Wildman–Crippen MR) is 91.8 cm³/mol. The molecule has 0 saturated carbocycles. The first-order valence-corrected chi connectivity index (χ1v) is 8.23. The first-order chi connectivity index (χ1) is 12.4. The lowest BCUT2D eigenvalue weighted by atomic mass is 10.1. The minimum atomic E-state index is -1.06. The Morgan fingerprint density at radius 2 is 1.96 bits per heavy atom. The Balaban J connectivity index is 2.02. The highest BCUT2D eigenvalue weighted by Gasteiger charge is 2.25. The molecule has 2 aromatic rings. The highest BCUT2D eigenvalue weighted by atomic mass is 19.1. The van der Waals surface area contributed by atoms with Gasteiger partial charge in [-0.15, -0.1) is 0 Å². The minimum Gasteiger partial charge on any atom is -0.434 e. The lowest BCUT2D eigenvalue weighted by molar-refractivity contribution is 0.104. The molecule has 0 bridgehead atoms. The molecule has 0 spiro atoms. The summed E-state index contributed by atoms with van der Waals surface area (Å²) < 4.78 is 38.8. The topological polar surface area (TPSA) is 74.9 Å². The van der Waals surface area contributed by atoms with Crippen LogP contribution in [0.2, 0.25) is 0 Å². The number of fused-ring (bicyclic) bond motifs is 1. The van der Waals surface area contributed by atoms with E-state index in [0.29, 0.717) is 26.2 Å². The van der Waals surface area contributed by atoms with Crippen molar-refractivity contribution in [3.63, 3.8) is 0 Å². The van der Waals surface area contributed by atoms with E-state index >= 15 is 0 Å². The van der Waals surface area contributed by atoms with Crippen molar-refractivity contribution in [2.24, 2.45) is 0 Å². The Morgan fingerprint density at radius 3 is 2.62 bits per heavy atom. The molecule has 1 saturated heterocycles. The van der Waals surface area contributed by atoms with Gasteiger partial charge >= 0.3 is 6.16 Å². The zero-order chi connectivity index (χ0) is 18.8. The van der Waals surface area contributed by atoms with E-state index in [9.17, 15) is 18.4 Å². The predicted octanol–water partition coefficient (Wildman–Crippen LogP) is 2.09. The van der Waals surface area contributed by atoms with Crippen LogP contribution in [0.1, 0.15) is 6.92 Å². The van der Waals surface area contributed by atoms with Crippen LogP contribution in [0, 0.1) is 11.6 Å². The van der Waals surface area contributed by atoms with E-state index in [-0.39, 0.29) is 28.9 Å². The number of ether oxygens (including phenoxy) is 2. The summed E-state index contributed by atoms with van der Waals surface area (Å²) in [6, 6.07) is 0.961. The third-order valence-electron chi connectivity index (χ3n) is 4.29. The second-order valence-electron chi connectivity index (χ2n) is 6.00. The van der Waals surface area contributed by atoms with Gasteiger partial charge in [0.25, 0.3) is 0 Å². The van der Waals surface area contributed by atoms with Crippen molar-refractivity contribution in [2.45, 2.75) is 6.92 Å². The first-order valence-electron chi connectivity index (χ1n) is 8.23. The maximum atomic E-state index is 14.9. The Kier molecular flexibility index (Phi) is 5.08. The third-order valence-corrected chi connectivity index (χ3v) is 4.29. The number of H-pyrrole nitrogens is 1. The minimum absolute atomic E-state index is 0.0714. The maximum absolute atomic E-state index is 14.9. The van der Waals surface area contributed by atoms with Gasteiger partial charge in [0.1, 0.15) is 11.5 Å². The molecule has 0 unspecified atom stereocenters. The molecular weight excluding hydrogens is 348 g/mol. The number of piperazine rings is 1. The molecule has 1 aliphatic heterocycles. The number of benzene rings is 1. The van der Waals surface area contributed by atoms with Gasteiger partial charge in [-0.05, 0) is 20.0 Å². The molecule has 0 radical (unpaired) electrons. The van der Waals surface area contributed by atoms with Crippen molar-refractivity contribution in [1.82, 2.24) is 9.88 Å². The number of nitrogens with zero attached hydrogens (tertiary/aromatic N) is 2. The summed E-state index contributed by atoms with van der Waals surface area (Å²) >= 11 is 0. The number of hydrogen-bond donors (Lipinski definition) is 1. The first kappa shape index (κ1) is 18.1. The molecule has 0 amide bonds. The lowest BCUT2D eigenvalue weighted by Crippen LogP contribution is -2.45. The van der Waals surface area contributed by atoms with Crippen LogP contribution in [0.3, 0.4) is 0 Å².